The van der Waals surface area contributed by atoms with Crippen LogP contribution in [0.25, 0.3) is 0 Å². The minimum Gasteiger partial charge on any atom is -0.496 e. The summed E-state index contributed by atoms with van der Waals surface area (Å²) in [7, 11) is 1.55. The van der Waals surface area contributed by atoms with E-state index in [2.05, 4.69) is 10.6 Å². The number of benzene rings is 3. The minimum atomic E-state index is -0.704. The molecule has 4 rings (SSSR count). The van der Waals surface area contributed by atoms with Crippen molar-refractivity contribution in [3.05, 3.63) is 102 Å². The molecule has 1 atom stereocenters. The van der Waals surface area contributed by atoms with Crippen molar-refractivity contribution in [2.24, 2.45) is 5.92 Å². The van der Waals surface area contributed by atoms with Crippen molar-refractivity contribution in [1.29, 1.82) is 0 Å². The number of amides is 3. The summed E-state index contributed by atoms with van der Waals surface area (Å²) in [6.45, 7) is 1.36. The third-order valence-electron chi connectivity index (χ3n) is 6.55. The molecule has 186 valence electrons. The summed E-state index contributed by atoms with van der Waals surface area (Å²) in [6, 6.07) is 25.0. The van der Waals surface area contributed by atoms with Gasteiger partial charge in [-0.3, -0.25) is 14.4 Å². The highest BCUT2D eigenvalue weighted by Crippen LogP contribution is 2.25. The number of carbonyl (C=O) groups excluding carboxylic acids is 3. The van der Waals surface area contributed by atoms with Crippen molar-refractivity contribution in [3.8, 4) is 5.75 Å². The average Bonchev–Trinajstić information content (AvgIpc) is 2.95. The van der Waals surface area contributed by atoms with Gasteiger partial charge < -0.3 is 20.3 Å². The Kier molecular flexibility index (Phi) is 8.34. The van der Waals surface area contributed by atoms with Crippen LogP contribution in [0.15, 0.2) is 84.9 Å². The molecule has 0 unspecified atom stereocenters. The third-order valence-corrected chi connectivity index (χ3v) is 6.55. The second-order valence-electron chi connectivity index (χ2n) is 8.85. The standard InChI is InChI=1S/C29H31N3O4/c1-36-25-15-9-8-14-24(25)29(35)32-18-16-22(17-19-32)26(31-27(33)23-12-6-3-7-13-23)28(34)30-20-21-10-4-2-5-11-21/h2-15,22,26H,16-20H2,1H3,(H,30,34)(H,31,33)/t26-/m0/s1. The molecule has 3 aromatic carbocycles. The fourth-order valence-corrected chi connectivity index (χ4v) is 4.53. The molecule has 1 aliphatic heterocycles. The zero-order valence-corrected chi connectivity index (χ0v) is 20.4. The highest BCUT2D eigenvalue weighted by molar-refractivity contribution is 5.98. The van der Waals surface area contributed by atoms with Crippen LogP contribution in [0, 0.1) is 5.92 Å². The molecule has 0 bridgehead atoms. The van der Waals surface area contributed by atoms with E-state index in [-0.39, 0.29) is 23.6 Å². The smallest absolute Gasteiger partial charge is 0.257 e. The molecule has 0 aliphatic carbocycles. The molecule has 1 fully saturated rings. The SMILES string of the molecule is COc1ccccc1C(=O)N1CCC([C@H](NC(=O)c2ccccc2)C(=O)NCc2ccccc2)CC1. The number of methoxy groups -OCH3 is 1. The molecule has 7 nitrogen and oxygen atoms in total. The zero-order chi connectivity index (χ0) is 25.3. The Bertz CT molecular complexity index is 1180. The Labute approximate surface area is 211 Å². The van der Waals surface area contributed by atoms with Gasteiger partial charge in [-0.2, -0.15) is 0 Å². The summed E-state index contributed by atoms with van der Waals surface area (Å²) in [5.74, 6) is -0.169. The molecule has 3 aromatic rings. The predicted molar refractivity (Wildman–Crippen MR) is 138 cm³/mol. The number of nitrogens with zero attached hydrogens (tertiary/aromatic N) is 1. The van der Waals surface area contributed by atoms with Gasteiger partial charge in [0.2, 0.25) is 5.91 Å². The number of piperidine rings is 1. The van der Waals surface area contributed by atoms with Crippen molar-refractivity contribution >= 4 is 17.7 Å². The lowest BCUT2D eigenvalue weighted by atomic mass is 9.88. The topological polar surface area (TPSA) is 87.7 Å². The molecular formula is C29H31N3O4. The zero-order valence-electron chi connectivity index (χ0n) is 20.4. The highest BCUT2D eigenvalue weighted by atomic mass is 16.5. The predicted octanol–water partition coefficient (Wildman–Crippen LogP) is 3.66. The summed E-state index contributed by atoms with van der Waals surface area (Å²) in [5.41, 5.74) is 2.01. The van der Waals surface area contributed by atoms with Crippen LogP contribution < -0.4 is 15.4 Å². The summed E-state index contributed by atoms with van der Waals surface area (Å²) in [6.07, 6.45) is 1.19. The minimum absolute atomic E-state index is 0.0932. The van der Waals surface area contributed by atoms with E-state index in [4.69, 9.17) is 4.74 Å². The first-order valence-electron chi connectivity index (χ1n) is 12.2. The number of hydrogen-bond donors (Lipinski definition) is 2. The van der Waals surface area contributed by atoms with Crippen LogP contribution in [-0.4, -0.2) is 48.9 Å². The van der Waals surface area contributed by atoms with E-state index >= 15 is 0 Å². The van der Waals surface area contributed by atoms with Gasteiger partial charge in [-0.05, 0) is 48.6 Å². The lowest BCUT2D eigenvalue weighted by Crippen LogP contribution is -2.53. The van der Waals surface area contributed by atoms with Crippen LogP contribution in [0.3, 0.4) is 0 Å². The van der Waals surface area contributed by atoms with Gasteiger partial charge in [0.25, 0.3) is 11.8 Å². The molecule has 0 aromatic heterocycles. The lowest BCUT2D eigenvalue weighted by Gasteiger charge is -2.36. The number of likely N-dealkylation sites (tertiary alicyclic amines) is 1. The quantitative estimate of drug-likeness (QED) is 0.510. The normalized spacial score (nSPS) is 14.5. The van der Waals surface area contributed by atoms with Crippen LogP contribution in [0.1, 0.15) is 39.1 Å². The van der Waals surface area contributed by atoms with Crippen LogP contribution in [0.2, 0.25) is 0 Å². The van der Waals surface area contributed by atoms with Crippen LogP contribution >= 0.6 is 0 Å². The Balaban J connectivity index is 1.45. The van der Waals surface area contributed by atoms with Crippen molar-refractivity contribution in [1.82, 2.24) is 15.5 Å². The summed E-state index contributed by atoms with van der Waals surface area (Å²) in [4.78, 5) is 41.1. The summed E-state index contributed by atoms with van der Waals surface area (Å²) in [5, 5.41) is 5.94. The molecule has 1 heterocycles. The summed E-state index contributed by atoms with van der Waals surface area (Å²) < 4.78 is 5.35. The van der Waals surface area contributed by atoms with Crippen LogP contribution in [-0.2, 0) is 11.3 Å². The fourth-order valence-electron chi connectivity index (χ4n) is 4.53. The van der Waals surface area contributed by atoms with Gasteiger partial charge in [-0.15, -0.1) is 0 Å². The van der Waals surface area contributed by atoms with E-state index < -0.39 is 6.04 Å². The first-order chi connectivity index (χ1) is 17.6. The summed E-state index contributed by atoms with van der Waals surface area (Å²) >= 11 is 0. The molecule has 1 aliphatic rings. The number of carbonyl (C=O) groups is 3. The molecule has 1 saturated heterocycles. The molecule has 0 radical (unpaired) electrons. The highest BCUT2D eigenvalue weighted by Gasteiger charge is 2.34. The second kappa shape index (κ2) is 12.0. The number of rotatable bonds is 8. The van der Waals surface area contributed by atoms with Crippen LogP contribution in [0.4, 0.5) is 0 Å². The molecule has 2 N–H and O–H groups in total. The van der Waals surface area contributed by atoms with Crippen molar-refractivity contribution in [3.63, 3.8) is 0 Å². The fraction of sp³-hybridized carbons (Fsp3) is 0.276. The Morgan fingerprint density at radius 3 is 2.17 bits per heavy atom. The number of para-hydroxylation sites is 1. The maximum Gasteiger partial charge on any atom is 0.257 e. The van der Waals surface area contributed by atoms with Crippen molar-refractivity contribution in [2.75, 3.05) is 20.2 Å². The van der Waals surface area contributed by atoms with E-state index in [9.17, 15) is 14.4 Å². The molecule has 0 spiro atoms. The maximum atomic E-state index is 13.3. The van der Waals surface area contributed by atoms with Crippen molar-refractivity contribution in [2.45, 2.75) is 25.4 Å². The van der Waals surface area contributed by atoms with Crippen LogP contribution in [0.5, 0.6) is 5.75 Å². The van der Waals surface area contributed by atoms with Crippen molar-refractivity contribution < 1.29 is 19.1 Å². The van der Waals surface area contributed by atoms with Gasteiger partial charge in [0.15, 0.2) is 0 Å². The van der Waals surface area contributed by atoms with Gasteiger partial charge in [0.1, 0.15) is 11.8 Å². The van der Waals surface area contributed by atoms with Gasteiger partial charge in [0.05, 0.1) is 12.7 Å². The van der Waals surface area contributed by atoms with Gasteiger partial charge in [-0.1, -0.05) is 60.7 Å². The number of hydrogen-bond acceptors (Lipinski definition) is 4. The number of ether oxygens (including phenoxy) is 1. The largest absolute Gasteiger partial charge is 0.496 e. The maximum absolute atomic E-state index is 13.3. The molecule has 36 heavy (non-hydrogen) atoms. The Morgan fingerprint density at radius 2 is 1.50 bits per heavy atom. The Morgan fingerprint density at radius 1 is 0.889 bits per heavy atom. The molecule has 3 amide bonds. The monoisotopic (exact) mass is 485 g/mol. The van der Waals surface area contributed by atoms with E-state index in [1.165, 1.54) is 0 Å². The van der Waals surface area contributed by atoms with Gasteiger partial charge in [-0.25, -0.2) is 0 Å². The van der Waals surface area contributed by atoms with E-state index in [1.807, 2.05) is 48.5 Å². The average molecular weight is 486 g/mol. The Hall–Kier alpha value is -4.13. The van der Waals surface area contributed by atoms with E-state index in [0.29, 0.717) is 49.4 Å². The number of nitrogens with one attached hydrogen (secondary N) is 2. The first kappa shape index (κ1) is 25.0. The van der Waals surface area contributed by atoms with Gasteiger partial charge in [0, 0.05) is 25.2 Å². The molecular weight excluding hydrogens is 454 g/mol. The first-order valence-corrected chi connectivity index (χ1v) is 12.2. The second-order valence-corrected chi connectivity index (χ2v) is 8.85. The molecule has 7 heteroatoms. The van der Waals surface area contributed by atoms with E-state index in [1.54, 1.807) is 48.4 Å². The third kappa shape index (κ3) is 6.10. The van der Waals surface area contributed by atoms with E-state index in [0.717, 1.165) is 5.56 Å². The van der Waals surface area contributed by atoms with Gasteiger partial charge >= 0.3 is 0 Å². The molecule has 0 saturated carbocycles. The lowest BCUT2D eigenvalue weighted by molar-refractivity contribution is -0.124.